The lowest BCUT2D eigenvalue weighted by atomic mass is 9.75. The Balaban J connectivity index is 1.80. The SMILES string of the molecule is COc1sc(C(=O)CCc2cc(C)c(O)c(C)c2)c2c1CC(C)(C)CC2. The van der Waals surface area contributed by atoms with Gasteiger partial charge in [0.1, 0.15) is 5.75 Å². The molecule has 0 atom stereocenters. The van der Waals surface area contributed by atoms with Crippen molar-refractivity contribution in [3.05, 3.63) is 44.8 Å². The highest BCUT2D eigenvalue weighted by Gasteiger charge is 2.32. The molecular formula is C22H28O3S. The smallest absolute Gasteiger partial charge is 0.177 e. The normalized spacial score (nSPS) is 15.6. The Morgan fingerprint density at radius 1 is 1.23 bits per heavy atom. The summed E-state index contributed by atoms with van der Waals surface area (Å²) in [6.45, 7) is 8.36. The number of phenolic OH excluding ortho intramolecular Hbond substituents is 1. The monoisotopic (exact) mass is 372 g/mol. The molecule has 0 aliphatic heterocycles. The maximum Gasteiger partial charge on any atom is 0.177 e. The molecule has 0 radical (unpaired) electrons. The molecule has 0 bridgehead atoms. The molecule has 4 heteroatoms. The van der Waals surface area contributed by atoms with E-state index in [9.17, 15) is 9.90 Å². The molecule has 0 fully saturated rings. The minimum absolute atomic E-state index is 0.206. The number of fused-ring (bicyclic) bond motifs is 1. The van der Waals surface area contributed by atoms with Crippen LogP contribution < -0.4 is 4.74 Å². The van der Waals surface area contributed by atoms with Crippen LogP contribution >= 0.6 is 11.3 Å². The van der Waals surface area contributed by atoms with E-state index in [0.29, 0.717) is 18.6 Å². The summed E-state index contributed by atoms with van der Waals surface area (Å²) in [5, 5.41) is 10.8. The molecule has 26 heavy (non-hydrogen) atoms. The van der Waals surface area contributed by atoms with Crippen LogP contribution in [0.15, 0.2) is 12.1 Å². The third-order valence-electron chi connectivity index (χ3n) is 5.42. The number of benzene rings is 1. The number of Topliss-reactive ketones (excluding diaryl/α,β-unsaturated/α-hetero) is 1. The van der Waals surface area contributed by atoms with E-state index in [2.05, 4.69) is 13.8 Å². The first kappa shape index (κ1) is 19.0. The summed E-state index contributed by atoms with van der Waals surface area (Å²) in [7, 11) is 1.70. The van der Waals surface area contributed by atoms with Crippen LogP contribution in [0.5, 0.6) is 10.8 Å². The number of methoxy groups -OCH3 is 1. The average molecular weight is 373 g/mol. The highest BCUT2D eigenvalue weighted by Crippen LogP contribution is 2.45. The second-order valence-electron chi connectivity index (χ2n) is 8.22. The van der Waals surface area contributed by atoms with Crippen LogP contribution in [0.3, 0.4) is 0 Å². The molecule has 0 saturated carbocycles. The summed E-state index contributed by atoms with van der Waals surface area (Å²) in [6, 6.07) is 3.95. The van der Waals surface area contributed by atoms with E-state index in [1.165, 1.54) is 22.5 Å². The van der Waals surface area contributed by atoms with E-state index in [1.807, 2.05) is 26.0 Å². The fourth-order valence-electron chi connectivity index (χ4n) is 3.90. The Morgan fingerprint density at radius 2 is 1.88 bits per heavy atom. The maximum atomic E-state index is 12.9. The molecule has 140 valence electrons. The fourth-order valence-corrected chi connectivity index (χ4v) is 5.05. The first-order valence-corrected chi connectivity index (χ1v) is 10.0. The van der Waals surface area contributed by atoms with E-state index in [4.69, 9.17) is 4.74 Å². The molecule has 0 amide bonds. The highest BCUT2D eigenvalue weighted by atomic mass is 32.1. The highest BCUT2D eigenvalue weighted by molar-refractivity contribution is 7.16. The summed E-state index contributed by atoms with van der Waals surface area (Å²) in [5.74, 6) is 0.553. The van der Waals surface area contributed by atoms with Gasteiger partial charge in [-0.05, 0) is 67.2 Å². The minimum atomic E-state index is 0.206. The van der Waals surface area contributed by atoms with Gasteiger partial charge in [0.15, 0.2) is 10.8 Å². The van der Waals surface area contributed by atoms with Gasteiger partial charge >= 0.3 is 0 Å². The Bertz CT molecular complexity index is 822. The molecule has 1 aliphatic carbocycles. The lowest BCUT2D eigenvalue weighted by molar-refractivity contribution is 0.0985. The molecular weight excluding hydrogens is 344 g/mol. The predicted octanol–water partition coefficient (Wildman–Crippen LogP) is 5.41. The van der Waals surface area contributed by atoms with Gasteiger partial charge in [-0.2, -0.15) is 0 Å². The van der Waals surface area contributed by atoms with Crippen molar-refractivity contribution in [1.82, 2.24) is 0 Å². The lowest BCUT2D eigenvalue weighted by Gasteiger charge is -2.30. The molecule has 1 N–H and O–H groups in total. The van der Waals surface area contributed by atoms with Gasteiger partial charge in [0.05, 0.1) is 12.0 Å². The molecule has 1 aromatic heterocycles. The second kappa shape index (κ2) is 7.07. The minimum Gasteiger partial charge on any atom is -0.507 e. The molecule has 0 spiro atoms. The number of rotatable bonds is 5. The van der Waals surface area contributed by atoms with Crippen LogP contribution in [-0.2, 0) is 19.3 Å². The van der Waals surface area contributed by atoms with Crippen molar-refractivity contribution in [3.8, 4) is 10.8 Å². The van der Waals surface area contributed by atoms with Crippen molar-refractivity contribution in [1.29, 1.82) is 0 Å². The first-order valence-electron chi connectivity index (χ1n) is 9.22. The number of hydrogen-bond acceptors (Lipinski definition) is 4. The largest absolute Gasteiger partial charge is 0.507 e. The average Bonchev–Trinajstić information content (AvgIpc) is 2.94. The van der Waals surface area contributed by atoms with Gasteiger partial charge in [-0.3, -0.25) is 4.79 Å². The van der Waals surface area contributed by atoms with Crippen molar-refractivity contribution in [2.75, 3.05) is 7.11 Å². The number of thiophene rings is 1. The number of carbonyl (C=O) groups is 1. The number of aromatic hydroxyl groups is 1. The molecule has 2 aromatic rings. The van der Waals surface area contributed by atoms with Gasteiger partial charge < -0.3 is 9.84 Å². The zero-order valence-corrected chi connectivity index (χ0v) is 17.2. The van der Waals surface area contributed by atoms with Crippen LogP contribution in [0.2, 0.25) is 0 Å². The third-order valence-corrected chi connectivity index (χ3v) is 6.69. The summed E-state index contributed by atoms with van der Waals surface area (Å²) in [6.07, 6.45) is 4.23. The number of ketones is 1. The zero-order chi connectivity index (χ0) is 19.1. The number of ether oxygens (including phenoxy) is 1. The lowest BCUT2D eigenvalue weighted by Crippen LogP contribution is -2.22. The molecule has 1 aromatic carbocycles. The Labute approximate surface area is 160 Å². The van der Waals surface area contributed by atoms with E-state index >= 15 is 0 Å². The Kier molecular flexibility index (Phi) is 5.16. The number of carbonyl (C=O) groups excluding carboxylic acids is 1. The van der Waals surface area contributed by atoms with Crippen molar-refractivity contribution in [2.45, 2.75) is 59.8 Å². The fraction of sp³-hybridized carbons (Fsp3) is 0.500. The maximum absolute atomic E-state index is 12.9. The molecule has 0 unspecified atom stereocenters. The second-order valence-corrected chi connectivity index (χ2v) is 9.21. The standard InChI is InChI=1S/C22H28O3S/c1-13-10-15(11-14(2)19(13)24)6-7-18(23)20-16-8-9-22(3,4)12-17(16)21(25-5)26-20/h10-11,24H,6-9,12H2,1-5H3. The third kappa shape index (κ3) is 3.66. The van der Waals surface area contributed by atoms with Gasteiger partial charge in [-0.25, -0.2) is 0 Å². The topological polar surface area (TPSA) is 46.5 Å². The first-order chi connectivity index (χ1) is 12.2. The molecule has 1 aliphatic rings. The quantitative estimate of drug-likeness (QED) is 0.714. The Hall–Kier alpha value is -1.81. The van der Waals surface area contributed by atoms with Gasteiger partial charge in [-0.15, -0.1) is 0 Å². The van der Waals surface area contributed by atoms with Crippen LogP contribution in [0.1, 0.15) is 64.2 Å². The summed E-state index contributed by atoms with van der Waals surface area (Å²) < 4.78 is 5.58. The summed E-state index contributed by atoms with van der Waals surface area (Å²) >= 11 is 1.52. The van der Waals surface area contributed by atoms with Crippen LogP contribution in [-0.4, -0.2) is 18.0 Å². The van der Waals surface area contributed by atoms with Crippen molar-refractivity contribution >= 4 is 17.1 Å². The molecule has 3 rings (SSSR count). The number of hydrogen-bond donors (Lipinski definition) is 1. The molecule has 0 saturated heterocycles. The van der Waals surface area contributed by atoms with Crippen LogP contribution in [0.25, 0.3) is 0 Å². The van der Waals surface area contributed by atoms with Gasteiger partial charge in [0.2, 0.25) is 0 Å². The molecule has 1 heterocycles. The Morgan fingerprint density at radius 3 is 2.50 bits per heavy atom. The van der Waals surface area contributed by atoms with E-state index in [1.54, 1.807) is 7.11 Å². The summed E-state index contributed by atoms with van der Waals surface area (Å²) in [5.41, 5.74) is 5.56. The van der Waals surface area contributed by atoms with Gasteiger partial charge in [-0.1, -0.05) is 37.3 Å². The predicted molar refractivity (Wildman–Crippen MR) is 107 cm³/mol. The summed E-state index contributed by atoms with van der Waals surface area (Å²) in [4.78, 5) is 13.8. The van der Waals surface area contributed by atoms with E-state index in [0.717, 1.165) is 45.9 Å². The molecule has 3 nitrogen and oxygen atoms in total. The van der Waals surface area contributed by atoms with Crippen LogP contribution in [0, 0.1) is 19.3 Å². The van der Waals surface area contributed by atoms with Crippen molar-refractivity contribution < 1.29 is 14.6 Å². The van der Waals surface area contributed by atoms with E-state index in [-0.39, 0.29) is 11.2 Å². The number of phenols is 1. The number of aryl methyl sites for hydroxylation is 3. The van der Waals surface area contributed by atoms with Crippen molar-refractivity contribution in [3.63, 3.8) is 0 Å². The van der Waals surface area contributed by atoms with Gasteiger partial charge in [0, 0.05) is 12.0 Å². The van der Waals surface area contributed by atoms with Gasteiger partial charge in [0.25, 0.3) is 0 Å². The van der Waals surface area contributed by atoms with Crippen molar-refractivity contribution in [2.24, 2.45) is 5.41 Å². The van der Waals surface area contributed by atoms with Crippen LogP contribution in [0.4, 0.5) is 0 Å². The van der Waals surface area contributed by atoms with E-state index < -0.39 is 0 Å². The zero-order valence-electron chi connectivity index (χ0n) is 16.4.